The van der Waals surface area contributed by atoms with Crippen molar-refractivity contribution < 1.29 is 0 Å². The Balaban J connectivity index is 2.44. The van der Waals surface area contributed by atoms with E-state index in [1.165, 1.54) is 3.57 Å². The lowest BCUT2D eigenvalue weighted by Crippen LogP contribution is -2.01. The predicted octanol–water partition coefficient (Wildman–Crippen LogP) is 1.94. The van der Waals surface area contributed by atoms with Gasteiger partial charge in [-0.15, -0.1) is 0 Å². The predicted molar refractivity (Wildman–Crippen MR) is 64.2 cm³/mol. The first-order valence-corrected chi connectivity index (χ1v) is 5.38. The van der Waals surface area contributed by atoms with E-state index in [9.17, 15) is 0 Å². The molecular formula is C10H10IN3. The third-order valence-corrected chi connectivity index (χ3v) is 2.86. The number of nitrogens with zero attached hydrogens (tertiary/aromatic N) is 2. The van der Waals surface area contributed by atoms with Gasteiger partial charge in [0.25, 0.3) is 0 Å². The molecule has 72 valence electrons. The van der Waals surface area contributed by atoms with Crippen LogP contribution in [0.1, 0.15) is 5.69 Å². The second kappa shape index (κ2) is 4.10. The molecule has 0 atom stereocenters. The number of para-hydroxylation sites is 1. The van der Waals surface area contributed by atoms with Crippen LogP contribution in [0.5, 0.6) is 0 Å². The summed E-state index contributed by atoms with van der Waals surface area (Å²) in [5.41, 5.74) is 7.50. The van der Waals surface area contributed by atoms with Crippen LogP contribution in [0, 0.1) is 3.57 Å². The maximum atomic E-state index is 5.50. The van der Waals surface area contributed by atoms with Gasteiger partial charge in [0.05, 0.1) is 11.4 Å². The summed E-state index contributed by atoms with van der Waals surface area (Å²) in [5.74, 6) is 0. The quantitative estimate of drug-likeness (QED) is 0.861. The molecule has 2 N–H and O–H groups in total. The maximum absolute atomic E-state index is 5.50. The molecule has 0 saturated heterocycles. The Labute approximate surface area is 96.1 Å². The molecular weight excluding hydrogens is 289 g/mol. The molecule has 2 aromatic rings. The van der Waals surface area contributed by atoms with E-state index < -0.39 is 0 Å². The summed E-state index contributed by atoms with van der Waals surface area (Å²) >= 11 is 2.29. The van der Waals surface area contributed by atoms with Crippen LogP contribution in [-0.2, 0) is 6.54 Å². The zero-order chi connectivity index (χ0) is 9.97. The van der Waals surface area contributed by atoms with Crippen molar-refractivity contribution in [3.8, 4) is 5.69 Å². The van der Waals surface area contributed by atoms with Crippen LogP contribution in [-0.4, -0.2) is 9.78 Å². The number of hydrogen-bond acceptors (Lipinski definition) is 2. The highest BCUT2D eigenvalue weighted by atomic mass is 127. The molecule has 0 amide bonds. The van der Waals surface area contributed by atoms with Gasteiger partial charge in [0.2, 0.25) is 0 Å². The number of aromatic nitrogens is 2. The molecule has 0 aliphatic carbocycles. The first-order valence-electron chi connectivity index (χ1n) is 4.31. The smallest absolute Gasteiger partial charge is 0.0779 e. The fraction of sp³-hybridized carbons (Fsp3) is 0.100. The fourth-order valence-corrected chi connectivity index (χ4v) is 1.88. The lowest BCUT2D eigenvalue weighted by Gasteiger charge is -2.03. The zero-order valence-corrected chi connectivity index (χ0v) is 9.68. The van der Waals surface area contributed by atoms with Gasteiger partial charge in [-0.1, -0.05) is 12.1 Å². The van der Waals surface area contributed by atoms with Gasteiger partial charge in [-0.25, -0.2) is 4.68 Å². The largest absolute Gasteiger partial charge is 0.325 e. The summed E-state index contributed by atoms with van der Waals surface area (Å²) < 4.78 is 3.03. The molecule has 0 fully saturated rings. The molecule has 0 aliphatic heterocycles. The normalized spacial score (nSPS) is 10.4. The van der Waals surface area contributed by atoms with E-state index in [0.29, 0.717) is 6.54 Å². The highest BCUT2D eigenvalue weighted by molar-refractivity contribution is 14.1. The van der Waals surface area contributed by atoms with Crippen LogP contribution in [0.4, 0.5) is 0 Å². The van der Waals surface area contributed by atoms with Crippen LogP contribution >= 0.6 is 22.6 Å². The van der Waals surface area contributed by atoms with Crippen molar-refractivity contribution in [2.45, 2.75) is 6.54 Å². The molecule has 0 unspecified atom stereocenters. The van der Waals surface area contributed by atoms with Gasteiger partial charge in [0.1, 0.15) is 0 Å². The zero-order valence-electron chi connectivity index (χ0n) is 7.52. The highest BCUT2D eigenvalue weighted by Gasteiger charge is 2.02. The van der Waals surface area contributed by atoms with E-state index in [0.717, 1.165) is 11.4 Å². The summed E-state index contributed by atoms with van der Waals surface area (Å²) in [4.78, 5) is 0. The van der Waals surface area contributed by atoms with Crippen LogP contribution in [0.15, 0.2) is 36.5 Å². The van der Waals surface area contributed by atoms with Crippen LogP contribution in [0.25, 0.3) is 5.69 Å². The van der Waals surface area contributed by atoms with E-state index in [2.05, 4.69) is 33.8 Å². The molecule has 1 aromatic heterocycles. The third-order valence-electron chi connectivity index (χ3n) is 1.95. The number of benzene rings is 1. The molecule has 0 radical (unpaired) electrons. The molecule has 0 spiro atoms. The van der Waals surface area contributed by atoms with Gasteiger partial charge in [-0.3, -0.25) is 0 Å². The second-order valence-electron chi connectivity index (χ2n) is 2.91. The van der Waals surface area contributed by atoms with Crippen molar-refractivity contribution >= 4 is 22.6 Å². The lowest BCUT2D eigenvalue weighted by atomic mass is 10.3. The van der Waals surface area contributed by atoms with Gasteiger partial charge in [-0.05, 0) is 40.8 Å². The molecule has 0 aliphatic rings. The summed E-state index contributed by atoms with van der Waals surface area (Å²) in [6.45, 7) is 0.483. The molecule has 2 rings (SSSR count). The van der Waals surface area contributed by atoms with Crippen molar-refractivity contribution in [2.24, 2.45) is 5.73 Å². The van der Waals surface area contributed by atoms with Crippen molar-refractivity contribution in [2.75, 3.05) is 0 Å². The number of hydrogen-bond donors (Lipinski definition) is 1. The number of rotatable bonds is 2. The van der Waals surface area contributed by atoms with E-state index in [1.807, 2.05) is 35.1 Å². The van der Waals surface area contributed by atoms with E-state index in [1.54, 1.807) is 0 Å². The minimum Gasteiger partial charge on any atom is -0.325 e. The second-order valence-corrected chi connectivity index (χ2v) is 4.07. The number of halogens is 1. The Morgan fingerprint density at radius 3 is 2.71 bits per heavy atom. The van der Waals surface area contributed by atoms with Crippen molar-refractivity contribution in [1.29, 1.82) is 0 Å². The van der Waals surface area contributed by atoms with Crippen LogP contribution in [0.2, 0.25) is 0 Å². The highest BCUT2D eigenvalue weighted by Crippen LogP contribution is 2.15. The third kappa shape index (κ3) is 1.80. The summed E-state index contributed by atoms with van der Waals surface area (Å²) in [7, 11) is 0. The lowest BCUT2D eigenvalue weighted by molar-refractivity contribution is 0.830. The first kappa shape index (κ1) is 9.67. The minimum atomic E-state index is 0.483. The summed E-state index contributed by atoms with van der Waals surface area (Å²) in [6, 6.07) is 10.0. The topological polar surface area (TPSA) is 43.8 Å². The Hall–Kier alpha value is -0.880. The molecule has 14 heavy (non-hydrogen) atoms. The van der Waals surface area contributed by atoms with Crippen molar-refractivity contribution in [3.63, 3.8) is 0 Å². The van der Waals surface area contributed by atoms with Crippen molar-refractivity contribution in [1.82, 2.24) is 9.78 Å². The molecule has 0 saturated carbocycles. The molecule has 0 bridgehead atoms. The van der Waals surface area contributed by atoms with E-state index in [-0.39, 0.29) is 0 Å². The van der Waals surface area contributed by atoms with E-state index >= 15 is 0 Å². The van der Waals surface area contributed by atoms with Gasteiger partial charge >= 0.3 is 0 Å². The van der Waals surface area contributed by atoms with Gasteiger partial charge < -0.3 is 5.73 Å². The molecule has 1 heterocycles. The number of nitrogens with two attached hydrogens (primary N) is 1. The average molecular weight is 299 g/mol. The van der Waals surface area contributed by atoms with Crippen LogP contribution < -0.4 is 5.73 Å². The Bertz CT molecular complexity index is 436. The Morgan fingerprint density at radius 2 is 2.07 bits per heavy atom. The summed E-state index contributed by atoms with van der Waals surface area (Å²) in [6.07, 6.45) is 1.93. The van der Waals surface area contributed by atoms with Crippen molar-refractivity contribution in [3.05, 3.63) is 45.8 Å². The Morgan fingerprint density at radius 1 is 1.29 bits per heavy atom. The van der Waals surface area contributed by atoms with E-state index in [4.69, 9.17) is 5.73 Å². The molecule has 4 heteroatoms. The first-order chi connectivity index (χ1) is 6.81. The molecule has 1 aromatic carbocycles. The molecule has 3 nitrogen and oxygen atoms in total. The fourth-order valence-electron chi connectivity index (χ4n) is 1.24. The summed E-state index contributed by atoms with van der Waals surface area (Å²) in [5, 5.41) is 4.35. The maximum Gasteiger partial charge on any atom is 0.0779 e. The van der Waals surface area contributed by atoms with Gasteiger partial charge in [-0.2, -0.15) is 5.10 Å². The van der Waals surface area contributed by atoms with Gasteiger partial charge in [0, 0.05) is 16.3 Å². The van der Waals surface area contributed by atoms with Crippen LogP contribution in [0.3, 0.4) is 0 Å². The van der Waals surface area contributed by atoms with Gasteiger partial charge in [0.15, 0.2) is 0 Å². The monoisotopic (exact) mass is 299 g/mol. The standard InChI is InChI=1S/C10H10IN3/c11-9-3-1-2-4-10(9)14-6-5-8(7-12)13-14/h1-6H,7,12H2. The minimum absolute atomic E-state index is 0.483. The Kier molecular flexibility index (Phi) is 2.83. The SMILES string of the molecule is NCc1ccn(-c2ccccc2I)n1. The average Bonchev–Trinajstić information content (AvgIpc) is 2.67.